The predicted octanol–water partition coefficient (Wildman–Crippen LogP) is 4.68. The van der Waals surface area contributed by atoms with Crippen molar-refractivity contribution in [3.8, 4) is 0 Å². The molecule has 0 aliphatic carbocycles. The molecule has 1 fully saturated rings. The van der Waals surface area contributed by atoms with Gasteiger partial charge in [0.1, 0.15) is 5.76 Å². The molecule has 0 radical (unpaired) electrons. The van der Waals surface area contributed by atoms with Gasteiger partial charge in [-0.15, -0.1) is 0 Å². The van der Waals surface area contributed by atoms with Crippen LogP contribution in [0.1, 0.15) is 11.3 Å². The Balaban J connectivity index is 1.70. The fourth-order valence-corrected chi connectivity index (χ4v) is 3.19. The molecule has 2 heterocycles. The molecule has 1 aromatic heterocycles. The first kappa shape index (κ1) is 16.1. The highest BCUT2D eigenvalue weighted by atomic mass is 127. The molecule has 0 N–H and O–H groups in total. The second-order valence-corrected chi connectivity index (χ2v) is 7.03. The summed E-state index contributed by atoms with van der Waals surface area (Å²) in [5.74, 6) is 0.432. The molecule has 0 unspecified atom stereocenters. The standard InChI is InChI=1S/C17H12INO3S/c18-13-8-6-12(7-9-13)11-19-16(20)15(23-17(19)21)5-1-3-14-4-2-10-22-14/h1-10H,11H2/b3-1+,15-5-. The van der Waals surface area contributed by atoms with Gasteiger partial charge >= 0.3 is 0 Å². The SMILES string of the molecule is O=C1S/C(=C\C=C\c2ccco2)C(=O)N1Cc1ccc(I)cc1. The number of furan rings is 1. The van der Waals surface area contributed by atoms with E-state index in [1.807, 2.05) is 30.3 Å². The minimum atomic E-state index is -0.261. The van der Waals surface area contributed by atoms with Crippen molar-refractivity contribution in [3.05, 3.63) is 74.6 Å². The molecular weight excluding hydrogens is 425 g/mol. The molecule has 6 heteroatoms. The van der Waals surface area contributed by atoms with E-state index in [0.29, 0.717) is 17.2 Å². The Kier molecular flexibility index (Phi) is 5.02. The maximum atomic E-state index is 12.3. The molecule has 1 aliphatic rings. The molecule has 0 atom stereocenters. The van der Waals surface area contributed by atoms with Crippen LogP contribution >= 0.6 is 34.4 Å². The van der Waals surface area contributed by atoms with Crippen LogP contribution < -0.4 is 0 Å². The Labute approximate surface area is 151 Å². The smallest absolute Gasteiger partial charge is 0.293 e. The quantitative estimate of drug-likeness (QED) is 0.515. The van der Waals surface area contributed by atoms with E-state index < -0.39 is 0 Å². The number of hydrogen-bond acceptors (Lipinski definition) is 4. The van der Waals surface area contributed by atoms with Crippen LogP contribution in [0.25, 0.3) is 6.08 Å². The molecule has 1 aliphatic heterocycles. The number of hydrogen-bond donors (Lipinski definition) is 0. The first-order valence-corrected chi connectivity index (χ1v) is 8.73. The monoisotopic (exact) mass is 437 g/mol. The van der Waals surface area contributed by atoms with Crippen LogP contribution in [0.2, 0.25) is 0 Å². The molecule has 0 bridgehead atoms. The molecule has 3 rings (SSSR count). The zero-order chi connectivity index (χ0) is 16.2. The van der Waals surface area contributed by atoms with Gasteiger partial charge in [0.15, 0.2) is 0 Å². The van der Waals surface area contributed by atoms with Gasteiger partial charge in [-0.1, -0.05) is 18.2 Å². The van der Waals surface area contributed by atoms with E-state index in [0.717, 1.165) is 20.9 Å². The van der Waals surface area contributed by atoms with Gasteiger partial charge in [-0.25, -0.2) is 0 Å². The van der Waals surface area contributed by atoms with Crippen molar-refractivity contribution in [2.45, 2.75) is 6.54 Å². The highest BCUT2D eigenvalue weighted by molar-refractivity contribution is 14.1. The van der Waals surface area contributed by atoms with E-state index in [1.54, 1.807) is 30.6 Å². The number of benzene rings is 1. The van der Waals surface area contributed by atoms with Gasteiger partial charge < -0.3 is 4.42 Å². The van der Waals surface area contributed by atoms with Gasteiger partial charge in [-0.05, 0) is 76.3 Å². The highest BCUT2D eigenvalue weighted by Gasteiger charge is 2.34. The van der Waals surface area contributed by atoms with Crippen LogP contribution in [0.5, 0.6) is 0 Å². The Morgan fingerprint density at radius 1 is 1.17 bits per heavy atom. The Morgan fingerprint density at radius 2 is 1.96 bits per heavy atom. The summed E-state index contributed by atoms with van der Waals surface area (Å²) < 4.78 is 6.28. The topological polar surface area (TPSA) is 50.5 Å². The molecule has 23 heavy (non-hydrogen) atoms. The summed E-state index contributed by atoms with van der Waals surface area (Å²) in [5, 5.41) is -0.244. The fraction of sp³-hybridized carbons (Fsp3) is 0.0588. The summed E-state index contributed by atoms with van der Waals surface area (Å²) in [4.78, 5) is 26.1. The lowest BCUT2D eigenvalue weighted by Crippen LogP contribution is -2.27. The maximum absolute atomic E-state index is 12.3. The fourth-order valence-electron chi connectivity index (χ4n) is 2.04. The summed E-state index contributed by atoms with van der Waals surface area (Å²) in [5.41, 5.74) is 0.931. The number of carbonyl (C=O) groups is 2. The average molecular weight is 437 g/mol. The number of rotatable bonds is 4. The molecule has 1 aromatic carbocycles. The average Bonchev–Trinajstić information content (AvgIpc) is 3.14. The molecule has 116 valence electrons. The molecule has 2 amide bonds. The van der Waals surface area contributed by atoms with Crippen LogP contribution in [-0.2, 0) is 11.3 Å². The van der Waals surface area contributed by atoms with E-state index in [4.69, 9.17) is 4.42 Å². The summed E-state index contributed by atoms with van der Waals surface area (Å²) in [7, 11) is 0. The van der Waals surface area contributed by atoms with Crippen LogP contribution in [0.4, 0.5) is 4.79 Å². The van der Waals surface area contributed by atoms with Crippen molar-refractivity contribution >= 4 is 51.6 Å². The van der Waals surface area contributed by atoms with Gasteiger partial charge in [0, 0.05) is 3.57 Å². The third-order valence-corrected chi connectivity index (χ3v) is 4.82. The number of amides is 2. The molecule has 0 saturated carbocycles. The second kappa shape index (κ2) is 7.18. The van der Waals surface area contributed by atoms with Crippen molar-refractivity contribution in [2.24, 2.45) is 0 Å². The van der Waals surface area contributed by atoms with Gasteiger partial charge in [0.2, 0.25) is 0 Å². The molecule has 4 nitrogen and oxygen atoms in total. The van der Waals surface area contributed by atoms with Crippen LogP contribution in [-0.4, -0.2) is 16.0 Å². The predicted molar refractivity (Wildman–Crippen MR) is 98.5 cm³/mol. The number of nitrogens with zero attached hydrogens (tertiary/aromatic N) is 1. The van der Waals surface area contributed by atoms with Crippen molar-refractivity contribution in [1.29, 1.82) is 0 Å². The molecule has 2 aromatic rings. The van der Waals surface area contributed by atoms with E-state index in [9.17, 15) is 9.59 Å². The van der Waals surface area contributed by atoms with Crippen LogP contribution in [0.15, 0.2) is 64.1 Å². The second-order valence-electron chi connectivity index (χ2n) is 4.79. The van der Waals surface area contributed by atoms with Crippen LogP contribution in [0, 0.1) is 3.57 Å². The number of carbonyl (C=O) groups excluding carboxylic acids is 2. The summed E-state index contributed by atoms with van der Waals surface area (Å²) >= 11 is 3.17. The Morgan fingerprint density at radius 3 is 2.65 bits per heavy atom. The summed E-state index contributed by atoms with van der Waals surface area (Å²) in [6.07, 6.45) is 6.67. The number of imide groups is 1. The maximum Gasteiger partial charge on any atom is 0.293 e. The normalized spacial score (nSPS) is 16.9. The third kappa shape index (κ3) is 3.94. The van der Waals surface area contributed by atoms with Crippen molar-refractivity contribution < 1.29 is 14.0 Å². The van der Waals surface area contributed by atoms with E-state index in [-0.39, 0.29) is 11.1 Å². The summed E-state index contributed by atoms with van der Waals surface area (Å²) in [6, 6.07) is 11.4. The highest BCUT2D eigenvalue weighted by Crippen LogP contribution is 2.31. The number of allylic oxidation sites excluding steroid dienone is 2. The van der Waals surface area contributed by atoms with Crippen molar-refractivity contribution in [2.75, 3.05) is 0 Å². The Hall–Kier alpha value is -1.80. The molecular formula is C17H12INO3S. The van der Waals surface area contributed by atoms with Gasteiger partial charge in [-0.2, -0.15) is 0 Å². The first-order chi connectivity index (χ1) is 11.1. The largest absolute Gasteiger partial charge is 0.465 e. The minimum Gasteiger partial charge on any atom is -0.465 e. The lowest BCUT2D eigenvalue weighted by atomic mass is 10.2. The van der Waals surface area contributed by atoms with Crippen molar-refractivity contribution in [3.63, 3.8) is 0 Å². The number of halogens is 1. The third-order valence-electron chi connectivity index (χ3n) is 3.18. The zero-order valence-electron chi connectivity index (χ0n) is 11.9. The van der Waals surface area contributed by atoms with E-state index in [1.165, 1.54) is 4.90 Å². The van der Waals surface area contributed by atoms with Gasteiger partial charge in [-0.3, -0.25) is 14.5 Å². The lowest BCUT2D eigenvalue weighted by molar-refractivity contribution is -0.123. The van der Waals surface area contributed by atoms with Crippen LogP contribution in [0.3, 0.4) is 0 Å². The lowest BCUT2D eigenvalue weighted by Gasteiger charge is -2.12. The minimum absolute atomic E-state index is 0.244. The van der Waals surface area contributed by atoms with E-state index >= 15 is 0 Å². The zero-order valence-corrected chi connectivity index (χ0v) is 14.9. The molecule has 0 spiro atoms. The van der Waals surface area contributed by atoms with E-state index in [2.05, 4.69) is 22.6 Å². The Bertz CT molecular complexity index is 779. The number of thioether (sulfide) groups is 1. The van der Waals surface area contributed by atoms with Crippen molar-refractivity contribution in [1.82, 2.24) is 4.90 Å². The summed E-state index contributed by atoms with van der Waals surface area (Å²) in [6.45, 7) is 0.292. The van der Waals surface area contributed by atoms with Gasteiger partial charge in [0.25, 0.3) is 11.1 Å². The molecule has 1 saturated heterocycles. The first-order valence-electron chi connectivity index (χ1n) is 6.83. The van der Waals surface area contributed by atoms with Gasteiger partial charge in [0.05, 0.1) is 17.7 Å².